The zero-order valence-corrected chi connectivity index (χ0v) is 37.2. The van der Waals surface area contributed by atoms with Crippen LogP contribution in [0.15, 0.2) is 84.9 Å². The van der Waals surface area contributed by atoms with E-state index >= 15 is 0 Å². The summed E-state index contributed by atoms with van der Waals surface area (Å²) in [5.74, 6) is 2.12. The molecule has 0 N–H and O–H groups in total. The fourth-order valence-electron chi connectivity index (χ4n) is 10.3. The first-order chi connectivity index (χ1) is 25.5. The summed E-state index contributed by atoms with van der Waals surface area (Å²) in [6, 6.07) is 33.1. The molecule has 8 rings (SSSR count). The van der Waals surface area contributed by atoms with Gasteiger partial charge in [0.2, 0.25) is 0 Å². The van der Waals surface area contributed by atoms with Crippen molar-refractivity contribution in [3.8, 4) is 11.5 Å². The number of nitrogens with zero attached hydrogens (tertiary/aromatic N) is 2. The Labute approximate surface area is 360 Å². The van der Waals surface area contributed by atoms with Crippen LogP contribution in [0.4, 0.5) is 0 Å². The molecular weight excluding hydrogens is 890 g/mol. The van der Waals surface area contributed by atoms with Gasteiger partial charge in [-0.25, -0.2) is 0 Å². The normalized spacial score (nSPS) is 23.1. The van der Waals surface area contributed by atoms with Gasteiger partial charge in [0.25, 0.3) is 0 Å². The molecule has 4 heterocycles. The second-order valence-electron chi connectivity index (χ2n) is 17.0. The molecule has 4 aromatic rings. The van der Waals surface area contributed by atoms with E-state index < -0.39 is 0 Å². The summed E-state index contributed by atoms with van der Waals surface area (Å²) in [7, 11) is 4.92. The fourth-order valence-corrected chi connectivity index (χ4v) is 10.3. The van der Waals surface area contributed by atoms with E-state index in [2.05, 4.69) is 99.0 Å². The lowest BCUT2D eigenvalue weighted by Gasteiger charge is -2.49. The standard InChI is InChI=1S/C48H62N2O2.2HI/c1-49-29-25-37-17-11-13-19-43(37)47(49)45-23-21-41(35-39(45)27-31-49)51-33-15-9-7-5-3-4-6-8-10-16-34-52-42-22-24-46-40(36-42)28-32-50(2)30-26-38-18-12-14-20-44(38)48(46)50;;/h11-14,17-24,35-36,47-48H,3-10,15-16,25-34H2,1-2H3;2*1H/q+2;;/p-2. The van der Waals surface area contributed by atoms with Crippen molar-refractivity contribution < 1.29 is 66.4 Å². The van der Waals surface area contributed by atoms with Crippen molar-refractivity contribution in [2.24, 2.45) is 0 Å². The number of benzene rings is 4. The van der Waals surface area contributed by atoms with Gasteiger partial charge in [0.05, 0.1) is 53.5 Å². The van der Waals surface area contributed by atoms with Gasteiger partial charge in [-0.3, -0.25) is 0 Å². The van der Waals surface area contributed by atoms with Gasteiger partial charge in [-0.1, -0.05) is 99.9 Å². The number of fused-ring (bicyclic) bond motifs is 10. The SMILES string of the molecule is C[N+]12CCc3ccccc3C1c1ccc(OCCCCCCCCCCCCOc3ccc4c(c3)CC[N+]3(C)CCc5ccccc5C43)cc1CC2.[I-].[I-]. The average molecular weight is 953 g/mol. The molecule has 4 unspecified atom stereocenters. The average Bonchev–Trinajstić information content (AvgIpc) is 3.17. The lowest BCUT2D eigenvalue weighted by atomic mass is 9.81. The van der Waals surface area contributed by atoms with Crippen LogP contribution in [0.1, 0.15) is 121 Å². The Bertz CT molecular complexity index is 1710. The molecule has 54 heavy (non-hydrogen) atoms. The van der Waals surface area contributed by atoms with Crippen LogP contribution in [0, 0.1) is 0 Å². The van der Waals surface area contributed by atoms with Crippen molar-refractivity contribution in [2.75, 3.05) is 53.5 Å². The summed E-state index contributed by atoms with van der Waals surface area (Å²) in [5, 5.41) is 0. The molecule has 0 aromatic heterocycles. The Kier molecular flexibility index (Phi) is 14.5. The summed E-state index contributed by atoms with van der Waals surface area (Å²) >= 11 is 0. The highest BCUT2D eigenvalue weighted by molar-refractivity contribution is 5.46. The molecule has 0 saturated carbocycles. The van der Waals surface area contributed by atoms with Gasteiger partial charge in [-0.15, -0.1) is 0 Å². The van der Waals surface area contributed by atoms with Crippen molar-refractivity contribution >= 4 is 0 Å². The van der Waals surface area contributed by atoms with Gasteiger partial charge >= 0.3 is 0 Å². The third-order valence-electron chi connectivity index (χ3n) is 13.4. The van der Waals surface area contributed by atoms with Gasteiger partial charge in [0.15, 0.2) is 0 Å². The van der Waals surface area contributed by atoms with E-state index in [1.807, 2.05) is 0 Å². The van der Waals surface area contributed by atoms with Crippen molar-refractivity contribution in [2.45, 2.75) is 102 Å². The van der Waals surface area contributed by atoms with Crippen LogP contribution in [0.25, 0.3) is 0 Å². The number of quaternary nitrogens is 2. The molecule has 290 valence electrons. The highest BCUT2D eigenvalue weighted by Crippen LogP contribution is 2.46. The third kappa shape index (κ3) is 9.02. The molecule has 0 fully saturated rings. The highest BCUT2D eigenvalue weighted by atomic mass is 127. The van der Waals surface area contributed by atoms with E-state index in [1.165, 1.54) is 135 Å². The van der Waals surface area contributed by atoms with E-state index in [9.17, 15) is 0 Å². The number of halogens is 2. The van der Waals surface area contributed by atoms with Gasteiger partial charge in [-0.2, -0.15) is 0 Å². The minimum absolute atomic E-state index is 0. The second kappa shape index (κ2) is 18.9. The molecule has 6 heteroatoms. The number of unbranched alkanes of at least 4 members (excludes halogenated alkanes) is 9. The van der Waals surface area contributed by atoms with E-state index in [0.717, 1.165) is 59.4 Å². The fraction of sp³-hybridized carbons (Fsp3) is 0.500. The van der Waals surface area contributed by atoms with Gasteiger partial charge < -0.3 is 66.4 Å². The Balaban J connectivity index is 0.00000249. The van der Waals surface area contributed by atoms with E-state index in [-0.39, 0.29) is 48.0 Å². The molecule has 0 amide bonds. The molecule has 4 aliphatic heterocycles. The molecule has 4 aromatic carbocycles. The van der Waals surface area contributed by atoms with Crippen LogP contribution in [-0.2, 0) is 25.7 Å². The van der Waals surface area contributed by atoms with E-state index in [1.54, 1.807) is 0 Å². The summed E-state index contributed by atoms with van der Waals surface area (Å²) in [5.41, 5.74) is 12.2. The Morgan fingerprint density at radius 1 is 0.426 bits per heavy atom. The smallest absolute Gasteiger partial charge is 0.141 e. The maximum atomic E-state index is 6.27. The topological polar surface area (TPSA) is 18.5 Å². The molecule has 0 spiro atoms. The van der Waals surface area contributed by atoms with E-state index in [4.69, 9.17) is 9.47 Å². The molecule has 0 saturated heterocycles. The monoisotopic (exact) mass is 952 g/mol. The predicted octanol–water partition coefficient (Wildman–Crippen LogP) is 4.35. The van der Waals surface area contributed by atoms with Crippen LogP contribution in [-0.4, -0.2) is 62.5 Å². The number of hydrogen-bond acceptors (Lipinski definition) is 2. The van der Waals surface area contributed by atoms with Crippen LogP contribution < -0.4 is 57.4 Å². The summed E-state index contributed by atoms with van der Waals surface area (Å²) in [6.45, 7) is 6.58. The Morgan fingerprint density at radius 2 is 0.759 bits per heavy atom. The first-order valence-electron chi connectivity index (χ1n) is 20.9. The highest BCUT2D eigenvalue weighted by Gasteiger charge is 2.45. The summed E-state index contributed by atoms with van der Waals surface area (Å²) in [4.78, 5) is 0. The zero-order valence-electron chi connectivity index (χ0n) is 32.8. The lowest BCUT2D eigenvalue weighted by Crippen LogP contribution is -3.00. The maximum Gasteiger partial charge on any atom is 0.141 e. The number of rotatable bonds is 15. The zero-order chi connectivity index (χ0) is 35.4. The van der Waals surface area contributed by atoms with Gasteiger partial charge in [-0.05, 0) is 71.5 Å². The number of hydrogen-bond donors (Lipinski definition) is 0. The molecule has 4 nitrogen and oxygen atoms in total. The largest absolute Gasteiger partial charge is 1.00 e. The molecule has 0 bridgehead atoms. The quantitative estimate of drug-likeness (QED) is 0.100. The Hall–Kier alpha value is -2.14. The summed E-state index contributed by atoms with van der Waals surface area (Å²) in [6.07, 6.45) is 17.6. The summed E-state index contributed by atoms with van der Waals surface area (Å²) < 4.78 is 14.8. The van der Waals surface area contributed by atoms with Crippen molar-refractivity contribution in [3.05, 3.63) is 129 Å². The maximum absolute atomic E-state index is 6.27. The van der Waals surface area contributed by atoms with Crippen LogP contribution in [0.2, 0.25) is 0 Å². The van der Waals surface area contributed by atoms with Crippen LogP contribution in [0.5, 0.6) is 11.5 Å². The molecular formula is C48H62I2N2O2. The van der Waals surface area contributed by atoms with Crippen molar-refractivity contribution in [1.82, 2.24) is 0 Å². The Morgan fingerprint density at radius 3 is 1.17 bits per heavy atom. The van der Waals surface area contributed by atoms with Crippen molar-refractivity contribution in [3.63, 3.8) is 0 Å². The van der Waals surface area contributed by atoms with Crippen LogP contribution in [0.3, 0.4) is 0 Å². The predicted molar refractivity (Wildman–Crippen MR) is 213 cm³/mol. The number of likely N-dealkylation sites (N-methyl/N-ethyl adjacent to an activating group) is 2. The molecule has 0 radical (unpaired) electrons. The third-order valence-corrected chi connectivity index (χ3v) is 13.4. The first-order valence-corrected chi connectivity index (χ1v) is 20.9. The number of ether oxygens (including phenoxy) is 2. The van der Waals surface area contributed by atoms with Gasteiger partial charge in [0, 0.05) is 47.9 Å². The molecule has 4 atom stereocenters. The minimum atomic E-state index is 0. The lowest BCUT2D eigenvalue weighted by molar-refractivity contribution is -0.937. The minimum Gasteiger partial charge on any atom is -1.00 e. The molecule has 4 aliphatic rings. The van der Waals surface area contributed by atoms with Gasteiger partial charge in [0.1, 0.15) is 23.6 Å². The van der Waals surface area contributed by atoms with Crippen molar-refractivity contribution in [1.29, 1.82) is 0 Å². The van der Waals surface area contributed by atoms with E-state index in [0.29, 0.717) is 12.1 Å². The molecule has 0 aliphatic carbocycles. The first kappa shape index (κ1) is 41.5. The second-order valence-corrected chi connectivity index (χ2v) is 17.0. The van der Waals surface area contributed by atoms with Crippen LogP contribution >= 0.6 is 0 Å².